The van der Waals surface area contributed by atoms with Crippen LogP contribution in [-0.2, 0) is 9.53 Å². The van der Waals surface area contributed by atoms with Gasteiger partial charge in [-0.15, -0.1) is 0 Å². The van der Waals surface area contributed by atoms with Crippen molar-refractivity contribution < 1.29 is 19.0 Å². The summed E-state index contributed by atoms with van der Waals surface area (Å²) in [6.45, 7) is 8.26. The van der Waals surface area contributed by atoms with Gasteiger partial charge in [-0.25, -0.2) is 9.78 Å². The summed E-state index contributed by atoms with van der Waals surface area (Å²) in [6, 6.07) is 14.3. The fraction of sp³-hybridized carbons (Fsp3) is 0.267. The van der Waals surface area contributed by atoms with Crippen molar-refractivity contribution in [2.24, 2.45) is 5.10 Å². The number of nitrogens with zero attached hydrogens (tertiary/aromatic N) is 3. The average Bonchev–Trinajstić information content (AvgIpc) is 2.92. The number of esters is 1. The van der Waals surface area contributed by atoms with Crippen molar-refractivity contribution in [2.75, 3.05) is 20.3 Å². The minimum absolute atomic E-state index is 0.141. The van der Waals surface area contributed by atoms with E-state index in [1.165, 1.54) is 18.0 Å². The molecule has 4 aromatic rings. The van der Waals surface area contributed by atoms with Crippen LogP contribution in [0, 0.1) is 6.92 Å². The van der Waals surface area contributed by atoms with E-state index < -0.39 is 5.97 Å². The van der Waals surface area contributed by atoms with Gasteiger partial charge in [0.2, 0.25) is 0 Å². The number of fused-ring (bicyclic) bond motifs is 1. The number of aromatic nitrogens is 2. The van der Waals surface area contributed by atoms with Gasteiger partial charge in [-0.05, 0) is 72.9 Å². The first-order chi connectivity index (χ1) is 19.1. The van der Waals surface area contributed by atoms with Gasteiger partial charge in [-0.3, -0.25) is 4.79 Å². The second kappa shape index (κ2) is 12.5. The SMILES string of the molecule is CCOc1cc(C)c(-c2nc3ccccc3c(=O)n2N=Cc2cc(Cl)c(OCC(=O)OC)c(Cl)c2)cc1C(C)C. The predicted molar refractivity (Wildman–Crippen MR) is 158 cm³/mol. The van der Waals surface area contributed by atoms with E-state index in [9.17, 15) is 9.59 Å². The van der Waals surface area contributed by atoms with E-state index in [0.717, 1.165) is 22.4 Å². The van der Waals surface area contributed by atoms with Crippen molar-refractivity contribution in [3.05, 3.63) is 85.6 Å². The van der Waals surface area contributed by atoms with Crippen molar-refractivity contribution in [2.45, 2.75) is 33.6 Å². The van der Waals surface area contributed by atoms with Crippen LogP contribution in [-0.4, -0.2) is 42.2 Å². The Morgan fingerprint density at radius 3 is 2.45 bits per heavy atom. The Morgan fingerprint density at radius 1 is 1.10 bits per heavy atom. The highest BCUT2D eigenvalue weighted by Crippen LogP contribution is 2.35. The summed E-state index contributed by atoms with van der Waals surface area (Å²) in [4.78, 5) is 30.0. The molecule has 4 rings (SSSR count). The molecule has 0 unspecified atom stereocenters. The van der Waals surface area contributed by atoms with Crippen molar-refractivity contribution in [3.8, 4) is 22.9 Å². The van der Waals surface area contributed by atoms with Crippen LogP contribution in [0.4, 0.5) is 0 Å². The van der Waals surface area contributed by atoms with Crippen LogP contribution in [0.15, 0.2) is 58.4 Å². The van der Waals surface area contributed by atoms with Crippen LogP contribution in [0.5, 0.6) is 11.5 Å². The lowest BCUT2D eigenvalue weighted by atomic mass is 9.96. The predicted octanol–water partition coefficient (Wildman–Crippen LogP) is 6.63. The summed E-state index contributed by atoms with van der Waals surface area (Å²) in [5.74, 6) is 0.934. The minimum Gasteiger partial charge on any atom is -0.494 e. The average molecular weight is 582 g/mol. The van der Waals surface area contributed by atoms with Gasteiger partial charge in [0, 0.05) is 5.56 Å². The number of carbonyl (C=O) groups is 1. The largest absolute Gasteiger partial charge is 0.494 e. The molecular weight excluding hydrogens is 553 g/mol. The van der Waals surface area contributed by atoms with Crippen LogP contribution < -0.4 is 15.0 Å². The molecule has 0 N–H and O–H groups in total. The van der Waals surface area contributed by atoms with Crippen molar-refractivity contribution >= 4 is 46.3 Å². The Labute approximate surface area is 242 Å². The first-order valence-corrected chi connectivity index (χ1v) is 13.4. The molecule has 0 atom stereocenters. The summed E-state index contributed by atoms with van der Waals surface area (Å²) < 4.78 is 17.1. The van der Waals surface area contributed by atoms with Crippen LogP contribution in [0.2, 0.25) is 10.0 Å². The molecule has 0 radical (unpaired) electrons. The normalized spacial score (nSPS) is 11.4. The Hall–Kier alpha value is -3.88. The molecule has 3 aromatic carbocycles. The Balaban J connectivity index is 1.86. The molecule has 208 valence electrons. The van der Waals surface area contributed by atoms with E-state index in [-0.39, 0.29) is 33.9 Å². The van der Waals surface area contributed by atoms with Gasteiger partial charge in [-0.2, -0.15) is 9.78 Å². The molecule has 1 aromatic heterocycles. The Kier molecular flexibility index (Phi) is 9.12. The van der Waals surface area contributed by atoms with Gasteiger partial charge < -0.3 is 14.2 Å². The Bertz CT molecular complexity index is 1640. The second-order valence-corrected chi connectivity index (χ2v) is 10.1. The Morgan fingerprint density at radius 2 is 1.80 bits per heavy atom. The van der Waals surface area contributed by atoms with Crippen molar-refractivity contribution in [1.82, 2.24) is 9.66 Å². The van der Waals surface area contributed by atoms with E-state index in [1.807, 2.05) is 32.0 Å². The number of halogens is 2. The van der Waals surface area contributed by atoms with Crippen LogP contribution >= 0.6 is 23.2 Å². The standard InChI is InChI=1S/C30H29Cl2N3O5/c1-6-39-26-11-18(4)22(14-21(26)17(2)3)29-34-25-10-8-7-9-20(25)30(37)35(29)33-15-19-12-23(31)28(24(32)13-19)40-16-27(36)38-5/h7-15,17H,6,16H2,1-5H3. The molecule has 0 bridgehead atoms. The minimum atomic E-state index is -0.571. The lowest BCUT2D eigenvalue weighted by Gasteiger charge is -2.18. The van der Waals surface area contributed by atoms with Gasteiger partial charge in [0.05, 0.1) is 40.9 Å². The zero-order valence-electron chi connectivity index (χ0n) is 22.8. The zero-order valence-corrected chi connectivity index (χ0v) is 24.3. The fourth-order valence-corrected chi connectivity index (χ4v) is 4.80. The molecule has 8 nitrogen and oxygen atoms in total. The van der Waals surface area contributed by atoms with E-state index in [4.69, 9.17) is 37.7 Å². The molecule has 0 saturated carbocycles. The first kappa shape index (κ1) is 29.1. The number of hydrogen-bond donors (Lipinski definition) is 0. The van der Waals surface area contributed by atoms with Crippen LogP contribution in [0.1, 0.15) is 43.4 Å². The summed E-state index contributed by atoms with van der Waals surface area (Å²) in [7, 11) is 1.25. The highest BCUT2D eigenvalue weighted by Gasteiger charge is 2.19. The first-order valence-electron chi connectivity index (χ1n) is 12.7. The van der Waals surface area contributed by atoms with E-state index in [2.05, 4.69) is 23.7 Å². The van der Waals surface area contributed by atoms with Gasteiger partial charge in [-0.1, -0.05) is 49.2 Å². The molecule has 40 heavy (non-hydrogen) atoms. The molecule has 0 fully saturated rings. The number of ether oxygens (including phenoxy) is 3. The van der Waals surface area contributed by atoms with Crippen LogP contribution in [0.3, 0.4) is 0 Å². The van der Waals surface area contributed by atoms with Gasteiger partial charge >= 0.3 is 5.97 Å². The molecule has 0 saturated heterocycles. The maximum absolute atomic E-state index is 13.7. The fourth-order valence-electron chi connectivity index (χ4n) is 4.18. The van der Waals surface area contributed by atoms with E-state index in [1.54, 1.807) is 30.3 Å². The zero-order chi connectivity index (χ0) is 29.0. The highest BCUT2D eigenvalue weighted by atomic mass is 35.5. The van der Waals surface area contributed by atoms with Crippen molar-refractivity contribution in [3.63, 3.8) is 0 Å². The summed E-state index contributed by atoms with van der Waals surface area (Å²) in [5.41, 5.74) is 3.39. The maximum atomic E-state index is 13.7. The number of rotatable bonds is 9. The van der Waals surface area contributed by atoms with Crippen LogP contribution in [0.25, 0.3) is 22.3 Å². The molecule has 0 aliphatic carbocycles. The lowest BCUT2D eigenvalue weighted by Crippen LogP contribution is -2.21. The van der Waals surface area contributed by atoms with Gasteiger partial charge in [0.15, 0.2) is 18.2 Å². The maximum Gasteiger partial charge on any atom is 0.343 e. The summed E-state index contributed by atoms with van der Waals surface area (Å²) in [5, 5.41) is 5.30. The van der Waals surface area contributed by atoms with E-state index in [0.29, 0.717) is 28.9 Å². The number of hydrogen-bond acceptors (Lipinski definition) is 7. The summed E-state index contributed by atoms with van der Waals surface area (Å²) >= 11 is 12.7. The highest BCUT2D eigenvalue weighted by molar-refractivity contribution is 6.37. The number of carbonyl (C=O) groups excluding carboxylic acids is 1. The molecule has 1 heterocycles. The monoisotopic (exact) mass is 581 g/mol. The lowest BCUT2D eigenvalue weighted by molar-refractivity contribution is -0.142. The third kappa shape index (κ3) is 6.13. The second-order valence-electron chi connectivity index (χ2n) is 9.29. The van der Waals surface area contributed by atoms with Crippen molar-refractivity contribution in [1.29, 1.82) is 0 Å². The third-order valence-electron chi connectivity index (χ3n) is 6.18. The molecular formula is C30H29Cl2N3O5. The number of methoxy groups -OCH3 is 1. The smallest absolute Gasteiger partial charge is 0.343 e. The molecule has 0 aliphatic heterocycles. The van der Waals surface area contributed by atoms with E-state index >= 15 is 0 Å². The van der Waals surface area contributed by atoms with Gasteiger partial charge in [0.25, 0.3) is 5.56 Å². The topological polar surface area (TPSA) is 92.0 Å². The molecule has 10 heteroatoms. The number of aryl methyl sites for hydroxylation is 1. The summed E-state index contributed by atoms with van der Waals surface area (Å²) in [6.07, 6.45) is 1.47. The number of benzene rings is 3. The quantitative estimate of drug-likeness (QED) is 0.162. The molecule has 0 aliphatic rings. The molecule has 0 amide bonds. The molecule has 0 spiro atoms. The van der Waals surface area contributed by atoms with Gasteiger partial charge in [0.1, 0.15) is 5.75 Å². The number of para-hydroxylation sites is 1. The third-order valence-corrected chi connectivity index (χ3v) is 6.74.